The molecule has 0 saturated carbocycles. The summed E-state index contributed by atoms with van der Waals surface area (Å²) in [6.07, 6.45) is 0. The topological polar surface area (TPSA) is 43.1 Å². The molecule has 2 heterocycles. The third-order valence-corrected chi connectivity index (χ3v) is 4.48. The molecule has 104 valence electrons. The summed E-state index contributed by atoms with van der Waals surface area (Å²) in [6, 6.07) is 14.7. The van der Waals surface area contributed by atoms with E-state index in [-0.39, 0.29) is 0 Å². The number of nitrogens with zero attached hydrogens (tertiary/aromatic N) is 4. The second-order valence-electron chi connectivity index (χ2n) is 5.34. The van der Waals surface area contributed by atoms with Gasteiger partial charge in [-0.1, -0.05) is 67.6 Å². The lowest BCUT2D eigenvalue weighted by atomic mass is 10.1. The van der Waals surface area contributed by atoms with Crippen LogP contribution >= 0.6 is 11.3 Å². The van der Waals surface area contributed by atoms with E-state index in [0.717, 1.165) is 21.4 Å². The van der Waals surface area contributed by atoms with E-state index in [1.54, 1.807) is 11.3 Å². The van der Waals surface area contributed by atoms with Gasteiger partial charge in [0.25, 0.3) is 0 Å². The molecule has 0 bridgehead atoms. The molecule has 0 saturated heterocycles. The predicted molar refractivity (Wildman–Crippen MR) is 85.7 cm³/mol. The number of hydrogen-bond acceptors (Lipinski definition) is 4. The van der Waals surface area contributed by atoms with E-state index in [1.807, 2.05) is 4.52 Å². The zero-order valence-electron chi connectivity index (χ0n) is 11.8. The first-order valence-corrected chi connectivity index (χ1v) is 7.76. The highest BCUT2D eigenvalue weighted by molar-refractivity contribution is 7.19. The summed E-state index contributed by atoms with van der Waals surface area (Å²) in [5.74, 6) is 1.22. The number of fused-ring (bicyclic) bond motifs is 2. The first-order chi connectivity index (χ1) is 10.2. The van der Waals surface area contributed by atoms with E-state index >= 15 is 0 Å². The average Bonchev–Trinajstić information content (AvgIpc) is 3.06. The molecule has 0 amide bonds. The van der Waals surface area contributed by atoms with E-state index in [0.29, 0.717) is 5.92 Å². The van der Waals surface area contributed by atoms with Crippen molar-refractivity contribution in [1.29, 1.82) is 0 Å². The summed E-state index contributed by atoms with van der Waals surface area (Å²) < 4.78 is 1.87. The van der Waals surface area contributed by atoms with Crippen molar-refractivity contribution < 1.29 is 0 Å². The monoisotopic (exact) mass is 294 g/mol. The van der Waals surface area contributed by atoms with Crippen LogP contribution in [0.3, 0.4) is 0 Å². The Balaban J connectivity index is 1.96. The molecule has 0 N–H and O–H groups in total. The van der Waals surface area contributed by atoms with Gasteiger partial charge in [-0.05, 0) is 10.8 Å². The quantitative estimate of drug-likeness (QED) is 0.558. The number of rotatable bonds is 2. The maximum absolute atomic E-state index is 4.72. The van der Waals surface area contributed by atoms with Gasteiger partial charge < -0.3 is 0 Å². The molecule has 0 radical (unpaired) electrons. The Morgan fingerprint density at radius 2 is 1.81 bits per heavy atom. The molecule has 0 aliphatic heterocycles. The van der Waals surface area contributed by atoms with Crippen LogP contribution < -0.4 is 0 Å². The zero-order chi connectivity index (χ0) is 14.4. The maximum Gasteiger partial charge on any atom is 0.234 e. The lowest BCUT2D eigenvalue weighted by molar-refractivity contribution is 0.727. The van der Waals surface area contributed by atoms with Crippen LogP contribution in [0.25, 0.3) is 26.3 Å². The lowest BCUT2D eigenvalue weighted by Gasteiger charge is -2.03. The molecule has 2 aromatic heterocycles. The van der Waals surface area contributed by atoms with Crippen LogP contribution in [0.1, 0.15) is 25.6 Å². The molecule has 0 spiro atoms. The molecule has 5 heteroatoms. The minimum absolute atomic E-state index is 0.308. The second-order valence-corrected chi connectivity index (χ2v) is 6.30. The summed E-state index contributed by atoms with van der Waals surface area (Å²) in [7, 11) is 0. The number of benzene rings is 2. The van der Waals surface area contributed by atoms with Crippen molar-refractivity contribution in [2.45, 2.75) is 19.8 Å². The van der Waals surface area contributed by atoms with Crippen LogP contribution in [0.15, 0.2) is 42.5 Å². The van der Waals surface area contributed by atoms with Crippen LogP contribution in [-0.2, 0) is 0 Å². The molecule has 0 atom stereocenters. The standard InChI is InChI=1S/C16H14N4S/c1-10(2)14-17-18-16-20(14)19-15(21-16)13-9-5-7-11-6-3-4-8-12(11)13/h3-10H,1-2H3. The number of aromatic nitrogens is 4. The van der Waals surface area contributed by atoms with E-state index in [2.05, 4.69) is 66.5 Å². The van der Waals surface area contributed by atoms with Gasteiger partial charge in [0.05, 0.1) is 0 Å². The van der Waals surface area contributed by atoms with Crippen molar-refractivity contribution in [3.8, 4) is 10.6 Å². The van der Waals surface area contributed by atoms with Crippen molar-refractivity contribution in [3.05, 3.63) is 48.3 Å². The normalized spacial score (nSPS) is 11.8. The maximum atomic E-state index is 4.72. The predicted octanol–water partition coefficient (Wildman–Crippen LogP) is 4.13. The van der Waals surface area contributed by atoms with Crippen molar-refractivity contribution in [1.82, 2.24) is 19.8 Å². The smallest absolute Gasteiger partial charge is 0.187 e. The zero-order valence-corrected chi connectivity index (χ0v) is 12.6. The molecule has 0 fully saturated rings. The molecular formula is C16H14N4S. The molecule has 4 rings (SSSR count). The van der Waals surface area contributed by atoms with Gasteiger partial charge in [-0.15, -0.1) is 10.2 Å². The molecule has 0 unspecified atom stereocenters. The Kier molecular flexibility index (Phi) is 2.75. The van der Waals surface area contributed by atoms with E-state index in [4.69, 9.17) is 5.10 Å². The summed E-state index contributed by atoms with van der Waals surface area (Å²) >= 11 is 1.58. The molecular weight excluding hydrogens is 280 g/mol. The van der Waals surface area contributed by atoms with Crippen molar-refractivity contribution in [2.24, 2.45) is 0 Å². The Morgan fingerprint density at radius 3 is 2.67 bits per heavy atom. The van der Waals surface area contributed by atoms with Crippen molar-refractivity contribution in [2.75, 3.05) is 0 Å². The van der Waals surface area contributed by atoms with Crippen LogP contribution in [-0.4, -0.2) is 19.8 Å². The van der Waals surface area contributed by atoms with E-state index in [1.165, 1.54) is 10.8 Å². The molecule has 0 aliphatic rings. The number of hydrogen-bond donors (Lipinski definition) is 0. The minimum Gasteiger partial charge on any atom is -0.187 e. The first kappa shape index (κ1) is 12.5. The summed E-state index contributed by atoms with van der Waals surface area (Å²) in [5, 5.41) is 16.6. The van der Waals surface area contributed by atoms with Crippen LogP contribution in [0, 0.1) is 0 Å². The third kappa shape index (κ3) is 1.93. The third-order valence-electron chi connectivity index (χ3n) is 3.55. The summed E-state index contributed by atoms with van der Waals surface area (Å²) in [5.41, 5.74) is 1.15. The van der Waals surface area contributed by atoms with Gasteiger partial charge in [-0.25, -0.2) is 0 Å². The van der Waals surface area contributed by atoms with Gasteiger partial charge in [0.15, 0.2) is 5.82 Å². The van der Waals surface area contributed by atoms with Gasteiger partial charge in [-0.3, -0.25) is 0 Å². The molecule has 0 aliphatic carbocycles. The largest absolute Gasteiger partial charge is 0.234 e. The molecule has 4 nitrogen and oxygen atoms in total. The van der Waals surface area contributed by atoms with Gasteiger partial charge in [-0.2, -0.15) is 9.61 Å². The van der Waals surface area contributed by atoms with Gasteiger partial charge in [0.1, 0.15) is 5.01 Å². The Labute approximate surface area is 126 Å². The fraction of sp³-hybridized carbons (Fsp3) is 0.188. The van der Waals surface area contributed by atoms with Crippen molar-refractivity contribution in [3.63, 3.8) is 0 Å². The van der Waals surface area contributed by atoms with Crippen molar-refractivity contribution >= 4 is 27.1 Å². The minimum atomic E-state index is 0.308. The average molecular weight is 294 g/mol. The highest BCUT2D eigenvalue weighted by atomic mass is 32.1. The Bertz CT molecular complexity index is 930. The lowest BCUT2D eigenvalue weighted by Crippen LogP contribution is -1.97. The highest BCUT2D eigenvalue weighted by Crippen LogP contribution is 2.32. The van der Waals surface area contributed by atoms with E-state index in [9.17, 15) is 0 Å². The SMILES string of the molecule is CC(C)c1nnc2sc(-c3cccc4ccccc34)nn12. The van der Waals surface area contributed by atoms with Gasteiger partial charge in [0.2, 0.25) is 4.96 Å². The van der Waals surface area contributed by atoms with E-state index < -0.39 is 0 Å². The van der Waals surface area contributed by atoms with Crippen LogP contribution in [0.5, 0.6) is 0 Å². The molecule has 21 heavy (non-hydrogen) atoms. The Hall–Kier alpha value is -2.27. The molecule has 2 aromatic carbocycles. The van der Waals surface area contributed by atoms with Crippen LogP contribution in [0.4, 0.5) is 0 Å². The Morgan fingerprint density at radius 1 is 1.00 bits per heavy atom. The fourth-order valence-electron chi connectivity index (χ4n) is 2.51. The summed E-state index contributed by atoms with van der Waals surface area (Å²) in [6.45, 7) is 4.21. The highest BCUT2D eigenvalue weighted by Gasteiger charge is 2.16. The van der Waals surface area contributed by atoms with Gasteiger partial charge >= 0.3 is 0 Å². The molecule has 4 aromatic rings. The first-order valence-electron chi connectivity index (χ1n) is 6.94. The summed E-state index contributed by atoms with van der Waals surface area (Å²) in [4.78, 5) is 0.849. The van der Waals surface area contributed by atoms with Gasteiger partial charge in [0, 0.05) is 11.5 Å². The fourth-order valence-corrected chi connectivity index (χ4v) is 3.40. The van der Waals surface area contributed by atoms with Crippen LogP contribution in [0.2, 0.25) is 0 Å². The second kappa shape index (κ2) is 4.63.